The molecular formula is C21H26N4O2. The van der Waals surface area contributed by atoms with Crippen LogP contribution in [0.25, 0.3) is 0 Å². The minimum atomic E-state index is -0.511. The van der Waals surface area contributed by atoms with Crippen LogP contribution in [-0.2, 0) is 6.54 Å². The van der Waals surface area contributed by atoms with Crippen molar-refractivity contribution < 1.29 is 9.59 Å². The summed E-state index contributed by atoms with van der Waals surface area (Å²) in [6.07, 6.45) is 2.04. The van der Waals surface area contributed by atoms with E-state index in [4.69, 9.17) is 5.73 Å². The van der Waals surface area contributed by atoms with Crippen molar-refractivity contribution >= 4 is 17.6 Å². The van der Waals surface area contributed by atoms with Gasteiger partial charge in [0.05, 0.1) is 0 Å². The van der Waals surface area contributed by atoms with Crippen LogP contribution in [0.5, 0.6) is 0 Å². The Kier molecular flexibility index (Phi) is 6.08. The van der Waals surface area contributed by atoms with Gasteiger partial charge in [0, 0.05) is 37.4 Å². The highest BCUT2D eigenvalue weighted by atomic mass is 16.2. The highest BCUT2D eigenvalue weighted by Crippen LogP contribution is 2.19. The molecule has 2 aromatic carbocycles. The summed E-state index contributed by atoms with van der Waals surface area (Å²) in [5, 5.41) is 2.86. The second-order valence-corrected chi connectivity index (χ2v) is 7.00. The molecule has 1 fully saturated rings. The molecule has 0 aliphatic carbocycles. The Morgan fingerprint density at radius 1 is 1.19 bits per heavy atom. The zero-order valence-corrected chi connectivity index (χ0v) is 15.6. The Balaban J connectivity index is 1.59. The molecule has 1 aliphatic heterocycles. The van der Waals surface area contributed by atoms with Crippen molar-refractivity contribution in [2.45, 2.75) is 25.4 Å². The van der Waals surface area contributed by atoms with Gasteiger partial charge in [0.2, 0.25) is 5.91 Å². The second kappa shape index (κ2) is 8.68. The maximum atomic E-state index is 12.6. The molecule has 0 saturated carbocycles. The summed E-state index contributed by atoms with van der Waals surface area (Å²) in [5.74, 6) is -0.511. The van der Waals surface area contributed by atoms with Crippen molar-refractivity contribution in [3.8, 4) is 0 Å². The third-order valence-corrected chi connectivity index (χ3v) is 5.00. The van der Waals surface area contributed by atoms with E-state index in [9.17, 15) is 9.59 Å². The first-order chi connectivity index (χ1) is 13.0. The van der Waals surface area contributed by atoms with E-state index in [0.29, 0.717) is 11.3 Å². The van der Waals surface area contributed by atoms with Crippen molar-refractivity contribution in [1.82, 2.24) is 9.80 Å². The average Bonchev–Trinajstić information content (AvgIpc) is 2.68. The number of piperidine rings is 1. The lowest BCUT2D eigenvalue weighted by Gasteiger charge is -2.37. The maximum absolute atomic E-state index is 12.6. The molecule has 0 radical (unpaired) electrons. The van der Waals surface area contributed by atoms with Crippen LogP contribution >= 0.6 is 0 Å². The number of anilines is 1. The zero-order valence-electron chi connectivity index (χ0n) is 15.6. The molecule has 2 aromatic rings. The van der Waals surface area contributed by atoms with Crippen LogP contribution < -0.4 is 11.1 Å². The van der Waals surface area contributed by atoms with E-state index in [0.717, 1.165) is 32.5 Å². The summed E-state index contributed by atoms with van der Waals surface area (Å²) >= 11 is 0. The molecular weight excluding hydrogens is 340 g/mol. The molecule has 3 N–H and O–H groups in total. The van der Waals surface area contributed by atoms with Gasteiger partial charge in [-0.05, 0) is 43.1 Å². The average molecular weight is 366 g/mol. The number of hydrogen-bond acceptors (Lipinski definition) is 3. The number of urea groups is 1. The summed E-state index contributed by atoms with van der Waals surface area (Å²) in [6.45, 7) is 2.79. The van der Waals surface area contributed by atoms with E-state index in [2.05, 4.69) is 34.5 Å². The van der Waals surface area contributed by atoms with Gasteiger partial charge in [-0.25, -0.2) is 4.79 Å². The number of likely N-dealkylation sites (tertiary alicyclic amines) is 1. The number of carbonyl (C=O) groups excluding carboxylic acids is 2. The standard InChI is InChI=1S/C21H26N4O2/c1-24(21(27)23-18-10-5-9-17(13-18)20(22)26)19-11-6-12-25(15-19)14-16-7-3-2-4-8-16/h2-5,7-10,13,19H,6,11-12,14-15H2,1H3,(H2,22,26)(H,23,27). The molecule has 6 heteroatoms. The van der Waals surface area contributed by atoms with E-state index < -0.39 is 5.91 Å². The van der Waals surface area contributed by atoms with Crippen LogP contribution in [0.15, 0.2) is 54.6 Å². The summed E-state index contributed by atoms with van der Waals surface area (Å²) in [6, 6.07) is 17.0. The second-order valence-electron chi connectivity index (χ2n) is 7.00. The normalized spacial score (nSPS) is 17.3. The Hall–Kier alpha value is -2.86. The molecule has 1 heterocycles. The van der Waals surface area contributed by atoms with Crippen molar-refractivity contribution in [3.63, 3.8) is 0 Å². The zero-order chi connectivity index (χ0) is 19.2. The SMILES string of the molecule is CN(C(=O)Nc1cccc(C(N)=O)c1)C1CCCN(Cc2ccccc2)C1. The summed E-state index contributed by atoms with van der Waals surface area (Å²) in [4.78, 5) is 28.1. The highest BCUT2D eigenvalue weighted by molar-refractivity contribution is 5.95. The molecule has 1 atom stereocenters. The molecule has 6 nitrogen and oxygen atoms in total. The molecule has 1 aliphatic rings. The quantitative estimate of drug-likeness (QED) is 0.854. The first kappa shape index (κ1) is 18.9. The number of carbonyl (C=O) groups is 2. The van der Waals surface area contributed by atoms with Gasteiger partial charge in [0.25, 0.3) is 0 Å². The summed E-state index contributed by atoms with van der Waals surface area (Å²) in [5.41, 5.74) is 7.53. The largest absolute Gasteiger partial charge is 0.366 e. The monoisotopic (exact) mass is 366 g/mol. The van der Waals surface area contributed by atoms with Crippen LogP contribution in [0.4, 0.5) is 10.5 Å². The summed E-state index contributed by atoms with van der Waals surface area (Å²) < 4.78 is 0. The maximum Gasteiger partial charge on any atom is 0.321 e. The lowest BCUT2D eigenvalue weighted by atomic mass is 10.0. The number of nitrogens with one attached hydrogen (secondary N) is 1. The molecule has 1 unspecified atom stereocenters. The fourth-order valence-corrected chi connectivity index (χ4v) is 3.46. The number of amides is 3. The van der Waals surface area contributed by atoms with Gasteiger partial charge >= 0.3 is 6.03 Å². The first-order valence-corrected chi connectivity index (χ1v) is 9.23. The Bertz CT molecular complexity index is 794. The number of primary amides is 1. The molecule has 0 bridgehead atoms. The number of benzene rings is 2. The van der Waals surface area contributed by atoms with Gasteiger partial charge < -0.3 is 16.0 Å². The predicted molar refractivity (Wildman–Crippen MR) is 106 cm³/mol. The third kappa shape index (κ3) is 5.08. The van der Waals surface area contributed by atoms with Crippen molar-refractivity contribution in [2.24, 2.45) is 5.73 Å². The van der Waals surface area contributed by atoms with Crippen molar-refractivity contribution in [3.05, 3.63) is 65.7 Å². The van der Waals surface area contributed by atoms with E-state index in [1.165, 1.54) is 5.56 Å². The molecule has 3 rings (SSSR count). The minimum Gasteiger partial charge on any atom is -0.366 e. The van der Waals surface area contributed by atoms with E-state index in [1.807, 2.05) is 13.1 Å². The van der Waals surface area contributed by atoms with Gasteiger partial charge in [-0.15, -0.1) is 0 Å². The number of nitrogens with two attached hydrogens (primary N) is 1. The highest BCUT2D eigenvalue weighted by Gasteiger charge is 2.26. The number of nitrogens with zero attached hydrogens (tertiary/aromatic N) is 2. The summed E-state index contributed by atoms with van der Waals surface area (Å²) in [7, 11) is 1.82. The number of likely N-dealkylation sites (N-methyl/N-ethyl adjacent to an activating group) is 1. The molecule has 0 spiro atoms. The first-order valence-electron chi connectivity index (χ1n) is 9.23. The van der Waals surface area contributed by atoms with Crippen LogP contribution in [0.2, 0.25) is 0 Å². The van der Waals surface area contributed by atoms with Crippen LogP contribution in [0.3, 0.4) is 0 Å². The van der Waals surface area contributed by atoms with Crippen LogP contribution in [-0.4, -0.2) is 47.9 Å². The van der Waals surface area contributed by atoms with Gasteiger partial charge in [0.1, 0.15) is 0 Å². The third-order valence-electron chi connectivity index (χ3n) is 5.00. The molecule has 3 amide bonds. The molecule has 27 heavy (non-hydrogen) atoms. The van der Waals surface area contributed by atoms with Gasteiger partial charge in [0.15, 0.2) is 0 Å². The fourth-order valence-electron chi connectivity index (χ4n) is 3.46. The number of rotatable bonds is 5. The minimum absolute atomic E-state index is 0.154. The van der Waals surface area contributed by atoms with E-state index in [-0.39, 0.29) is 12.1 Å². The van der Waals surface area contributed by atoms with Gasteiger partial charge in [-0.2, -0.15) is 0 Å². The Labute approximate surface area is 159 Å². The van der Waals surface area contributed by atoms with E-state index >= 15 is 0 Å². The van der Waals surface area contributed by atoms with Crippen molar-refractivity contribution in [2.75, 3.05) is 25.5 Å². The van der Waals surface area contributed by atoms with Crippen LogP contribution in [0, 0.1) is 0 Å². The fraction of sp³-hybridized carbons (Fsp3) is 0.333. The Morgan fingerprint density at radius 2 is 1.96 bits per heavy atom. The van der Waals surface area contributed by atoms with Gasteiger partial charge in [-0.1, -0.05) is 36.4 Å². The molecule has 1 saturated heterocycles. The van der Waals surface area contributed by atoms with Crippen LogP contribution in [0.1, 0.15) is 28.8 Å². The predicted octanol–water partition coefficient (Wildman–Crippen LogP) is 2.91. The smallest absolute Gasteiger partial charge is 0.321 e. The Morgan fingerprint density at radius 3 is 2.70 bits per heavy atom. The van der Waals surface area contributed by atoms with Gasteiger partial charge in [-0.3, -0.25) is 9.69 Å². The topological polar surface area (TPSA) is 78.7 Å². The lowest BCUT2D eigenvalue weighted by Crippen LogP contribution is -2.49. The lowest BCUT2D eigenvalue weighted by molar-refractivity contribution is 0.1000. The molecule has 0 aromatic heterocycles. The molecule has 142 valence electrons. The van der Waals surface area contributed by atoms with Crippen molar-refractivity contribution in [1.29, 1.82) is 0 Å². The number of hydrogen-bond donors (Lipinski definition) is 2. The van der Waals surface area contributed by atoms with E-state index in [1.54, 1.807) is 29.2 Å².